The molecule has 0 aromatic rings. The Hall–Kier alpha value is -1.14. The molecule has 6 heteroatoms. The number of ether oxygens (including phenoxy) is 2. The first kappa shape index (κ1) is 12.9. The van der Waals surface area contributed by atoms with Crippen molar-refractivity contribution in [2.24, 2.45) is 16.6 Å². The standard InChI is InChI=1S/C10H19N3O3/c1-7(6-16-3)8-9(11)12-10(14)13(8)4-5-15-2/h7-8H,4-6H2,1-3H3,(H2,11,12,14). The average molecular weight is 229 g/mol. The van der Waals surface area contributed by atoms with Gasteiger partial charge in [0.05, 0.1) is 19.3 Å². The Morgan fingerprint density at radius 1 is 1.50 bits per heavy atom. The molecule has 0 saturated heterocycles. The van der Waals surface area contributed by atoms with Crippen molar-refractivity contribution in [1.29, 1.82) is 0 Å². The number of amides is 2. The van der Waals surface area contributed by atoms with Gasteiger partial charge in [0, 0.05) is 26.7 Å². The van der Waals surface area contributed by atoms with Gasteiger partial charge in [-0.15, -0.1) is 0 Å². The molecule has 2 atom stereocenters. The lowest BCUT2D eigenvalue weighted by molar-refractivity contribution is 0.107. The van der Waals surface area contributed by atoms with Crippen molar-refractivity contribution in [3.05, 3.63) is 0 Å². The highest BCUT2D eigenvalue weighted by molar-refractivity contribution is 6.02. The lowest BCUT2D eigenvalue weighted by Gasteiger charge is -2.28. The van der Waals surface area contributed by atoms with Crippen LogP contribution in [-0.2, 0) is 9.47 Å². The van der Waals surface area contributed by atoms with E-state index in [0.29, 0.717) is 25.6 Å². The number of amidine groups is 1. The molecule has 0 saturated carbocycles. The molecule has 2 N–H and O–H groups in total. The van der Waals surface area contributed by atoms with E-state index in [4.69, 9.17) is 15.2 Å². The summed E-state index contributed by atoms with van der Waals surface area (Å²) in [4.78, 5) is 17.0. The third kappa shape index (κ3) is 2.70. The topological polar surface area (TPSA) is 77.2 Å². The van der Waals surface area contributed by atoms with Crippen LogP contribution in [0.5, 0.6) is 0 Å². The van der Waals surface area contributed by atoms with Gasteiger partial charge in [-0.3, -0.25) is 0 Å². The molecule has 2 unspecified atom stereocenters. The molecule has 0 aromatic heterocycles. The molecule has 0 bridgehead atoms. The van der Waals surface area contributed by atoms with E-state index < -0.39 is 0 Å². The summed E-state index contributed by atoms with van der Waals surface area (Å²) in [6.07, 6.45) is 0. The minimum atomic E-state index is -0.289. The molecule has 1 rings (SSSR count). The van der Waals surface area contributed by atoms with Crippen molar-refractivity contribution < 1.29 is 14.3 Å². The van der Waals surface area contributed by atoms with Crippen molar-refractivity contribution in [2.45, 2.75) is 13.0 Å². The summed E-state index contributed by atoms with van der Waals surface area (Å²) in [7, 11) is 3.22. The number of carbonyl (C=O) groups excluding carboxylic acids is 1. The summed E-state index contributed by atoms with van der Waals surface area (Å²) < 4.78 is 10.0. The fourth-order valence-corrected chi connectivity index (χ4v) is 1.90. The molecule has 2 amide bonds. The van der Waals surface area contributed by atoms with Crippen molar-refractivity contribution >= 4 is 11.9 Å². The lowest BCUT2D eigenvalue weighted by Crippen LogP contribution is -2.47. The minimum absolute atomic E-state index is 0.122. The van der Waals surface area contributed by atoms with Gasteiger partial charge in [0.1, 0.15) is 5.84 Å². The minimum Gasteiger partial charge on any atom is -0.385 e. The molecular formula is C10H19N3O3. The Morgan fingerprint density at radius 3 is 2.75 bits per heavy atom. The van der Waals surface area contributed by atoms with Crippen molar-refractivity contribution in [1.82, 2.24) is 4.90 Å². The summed E-state index contributed by atoms with van der Waals surface area (Å²) in [5, 5.41) is 0. The lowest BCUT2D eigenvalue weighted by atomic mass is 10.0. The fraction of sp³-hybridized carbons (Fsp3) is 0.800. The number of carbonyl (C=O) groups is 1. The number of urea groups is 1. The van der Waals surface area contributed by atoms with Gasteiger partial charge in [0.2, 0.25) is 0 Å². The monoisotopic (exact) mass is 229 g/mol. The quantitative estimate of drug-likeness (QED) is 0.699. The Bertz CT molecular complexity index is 280. The van der Waals surface area contributed by atoms with Crippen LogP contribution in [0.3, 0.4) is 0 Å². The number of nitrogens with zero attached hydrogens (tertiary/aromatic N) is 2. The molecule has 1 aliphatic heterocycles. The van der Waals surface area contributed by atoms with E-state index in [2.05, 4.69) is 4.99 Å². The molecule has 1 aliphatic rings. The van der Waals surface area contributed by atoms with Crippen molar-refractivity contribution in [3.8, 4) is 0 Å². The van der Waals surface area contributed by atoms with Gasteiger partial charge in [-0.1, -0.05) is 6.92 Å². The highest BCUT2D eigenvalue weighted by atomic mass is 16.5. The van der Waals surface area contributed by atoms with Gasteiger partial charge in [-0.25, -0.2) is 4.79 Å². The molecule has 0 aliphatic carbocycles. The third-order valence-corrected chi connectivity index (χ3v) is 2.61. The molecule has 1 heterocycles. The maximum absolute atomic E-state index is 11.6. The number of nitrogens with two attached hydrogens (primary N) is 1. The Labute approximate surface area is 95.4 Å². The van der Waals surface area contributed by atoms with Crippen LogP contribution in [0.4, 0.5) is 4.79 Å². The second-order valence-electron chi connectivity index (χ2n) is 3.88. The van der Waals surface area contributed by atoms with E-state index in [1.807, 2.05) is 6.92 Å². The van der Waals surface area contributed by atoms with Crippen LogP contribution in [0, 0.1) is 5.92 Å². The first-order valence-electron chi connectivity index (χ1n) is 5.24. The number of methoxy groups -OCH3 is 2. The van der Waals surface area contributed by atoms with Crippen LogP contribution < -0.4 is 5.73 Å². The summed E-state index contributed by atoms with van der Waals surface area (Å²) in [6, 6.07) is -0.467. The van der Waals surface area contributed by atoms with Crippen LogP contribution in [0.15, 0.2) is 4.99 Å². The summed E-state index contributed by atoms with van der Waals surface area (Å²) in [5.74, 6) is 0.489. The zero-order chi connectivity index (χ0) is 12.1. The second-order valence-corrected chi connectivity index (χ2v) is 3.88. The summed E-state index contributed by atoms with van der Waals surface area (Å²) in [6.45, 7) is 3.50. The molecule has 92 valence electrons. The number of hydrogen-bond acceptors (Lipinski definition) is 4. The molecule has 0 radical (unpaired) electrons. The van der Waals surface area contributed by atoms with E-state index >= 15 is 0 Å². The van der Waals surface area contributed by atoms with Gasteiger partial charge < -0.3 is 20.1 Å². The van der Waals surface area contributed by atoms with E-state index in [9.17, 15) is 4.79 Å². The van der Waals surface area contributed by atoms with E-state index in [1.54, 1.807) is 19.1 Å². The van der Waals surface area contributed by atoms with Gasteiger partial charge >= 0.3 is 6.03 Å². The predicted octanol–water partition coefficient (Wildman–Crippen LogP) is 0.0767. The van der Waals surface area contributed by atoms with Crippen LogP contribution in [0.2, 0.25) is 0 Å². The fourth-order valence-electron chi connectivity index (χ4n) is 1.90. The first-order chi connectivity index (χ1) is 7.61. The third-order valence-electron chi connectivity index (χ3n) is 2.61. The molecular weight excluding hydrogens is 210 g/mol. The first-order valence-corrected chi connectivity index (χ1v) is 5.24. The van der Waals surface area contributed by atoms with E-state index in [0.717, 1.165) is 0 Å². The van der Waals surface area contributed by atoms with Gasteiger partial charge in [-0.05, 0) is 0 Å². The normalized spacial score (nSPS) is 22.4. The van der Waals surface area contributed by atoms with Crippen LogP contribution >= 0.6 is 0 Å². The van der Waals surface area contributed by atoms with Crippen molar-refractivity contribution in [2.75, 3.05) is 34.0 Å². The Balaban J connectivity index is 2.69. The van der Waals surface area contributed by atoms with Crippen LogP contribution in [0.25, 0.3) is 0 Å². The largest absolute Gasteiger partial charge is 0.385 e. The summed E-state index contributed by atoms with van der Waals surface area (Å²) >= 11 is 0. The van der Waals surface area contributed by atoms with E-state index in [-0.39, 0.29) is 18.0 Å². The zero-order valence-electron chi connectivity index (χ0n) is 9.97. The Morgan fingerprint density at radius 2 is 2.19 bits per heavy atom. The molecule has 6 nitrogen and oxygen atoms in total. The van der Waals surface area contributed by atoms with Crippen molar-refractivity contribution in [3.63, 3.8) is 0 Å². The molecule has 16 heavy (non-hydrogen) atoms. The predicted molar refractivity (Wildman–Crippen MR) is 60.4 cm³/mol. The average Bonchev–Trinajstić information content (AvgIpc) is 2.50. The van der Waals surface area contributed by atoms with Crippen LogP contribution in [-0.4, -0.2) is 56.8 Å². The Kier molecular flexibility index (Phi) is 4.70. The molecule has 0 aromatic carbocycles. The highest BCUT2D eigenvalue weighted by Crippen LogP contribution is 2.18. The van der Waals surface area contributed by atoms with Gasteiger partial charge in [0.15, 0.2) is 0 Å². The SMILES string of the molecule is COCCN1C(=O)N=C(N)C1C(C)COC. The van der Waals surface area contributed by atoms with E-state index in [1.165, 1.54) is 0 Å². The number of rotatable bonds is 6. The highest BCUT2D eigenvalue weighted by Gasteiger charge is 2.36. The van der Waals surface area contributed by atoms with Gasteiger partial charge in [0.25, 0.3) is 0 Å². The number of aliphatic imine (C=N–C) groups is 1. The maximum Gasteiger partial charge on any atom is 0.345 e. The smallest absolute Gasteiger partial charge is 0.345 e. The second kappa shape index (κ2) is 5.81. The maximum atomic E-state index is 11.6. The summed E-state index contributed by atoms with van der Waals surface area (Å²) in [5.41, 5.74) is 5.75. The molecule has 0 spiro atoms. The van der Waals surface area contributed by atoms with Gasteiger partial charge in [-0.2, -0.15) is 4.99 Å². The molecule has 0 fully saturated rings. The zero-order valence-corrected chi connectivity index (χ0v) is 9.97. The number of hydrogen-bond donors (Lipinski definition) is 1. The van der Waals surface area contributed by atoms with Crippen LogP contribution in [0.1, 0.15) is 6.92 Å².